The van der Waals surface area contributed by atoms with Gasteiger partial charge in [0.1, 0.15) is 6.04 Å². The van der Waals surface area contributed by atoms with E-state index in [9.17, 15) is 18.0 Å². The van der Waals surface area contributed by atoms with Crippen molar-refractivity contribution in [3.63, 3.8) is 0 Å². The van der Waals surface area contributed by atoms with E-state index in [4.69, 9.17) is 23.2 Å². The summed E-state index contributed by atoms with van der Waals surface area (Å²) in [6, 6.07) is 9.40. The van der Waals surface area contributed by atoms with Gasteiger partial charge in [-0.05, 0) is 42.8 Å². The Morgan fingerprint density at radius 1 is 1.17 bits per heavy atom. The number of esters is 1. The summed E-state index contributed by atoms with van der Waals surface area (Å²) in [6.45, 7) is 1.68. The molecular formula is C19H20Cl2N2O5S. The van der Waals surface area contributed by atoms with Crippen LogP contribution in [0.2, 0.25) is 10.0 Å². The zero-order valence-electron chi connectivity index (χ0n) is 16.0. The fourth-order valence-corrected chi connectivity index (χ4v) is 4.31. The molecule has 0 aliphatic rings. The summed E-state index contributed by atoms with van der Waals surface area (Å²) in [5, 5.41) is 3.12. The first kappa shape index (κ1) is 23.0. The van der Waals surface area contributed by atoms with Gasteiger partial charge in [-0.3, -0.25) is 9.10 Å². The number of hydrogen-bond donors (Lipinski definition) is 1. The molecule has 2 aromatic rings. The number of methoxy groups -OCH3 is 1. The number of nitrogens with zero attached hydrogens (tertiary/aromatic N) is 1. The van der Waals surface area contributed by atoms with Gasteiger partial charge in [-0.1, -0.05) is 36.2 Å². The summed E-state index contributed by atoms with van der Waals surface area (Å²) >= 11 is 12.1. The molecule has 1 atom stereocenters. The minimum atomic E-state index is -3.81. The molecule has 0 unspecified atom stereocenters. The maximum absolute atomic E-state index is 13.0. The molecule has 0 heterocycles. The third kappa shape index (κ3) is 5.62. The molecule has 156 valence electrons. The van der Waals surface area contributed by atoms with Crippen LogP contribution in [0.15, 0.2) is 42.5 Å². The van der Waals surface area contributed by atoms with Crippen molar-refractivity contribution >= 4 is 56.5 Å². The van der Waals surface area contributed by atoms with Crippen molar-refractivity contribution in [2.45, 2.75) is 19.4 Å². The van der Waals surface area contributed by atoms with Crippen molar-refractivity contribution in [1.82, 2.24) is 0 Å². The second-order valence-corrected chi connectivity index (χ2v) is 8.84. The Hall–Kier alpha value is -2.29. The summed E-state index contributed by atoms with van der Waals surface area (Å²) in [5.74, 6) is -1.21. The SMILES string of the molecule is CC[C@@H](C(=O)Nc1cc(C(=O)OC)ccc1Cl)N(c1cccc(Cl)c1)S(C)(=O)=O. The van der Waals surface area contributed by atoms with Crippen LogP contribution >= 0.6 is 23.2 Å². The van der Waals surface area contributed by atoms with Gasteiger partial charge in [-0.15, -0.1) is 0 Å². The Balaban J connectivity index is 2.42. The van der Waals surface area contributed by atoms with E-state index in [0.717, 1.165) is 10.6 Å². The van der Waals surface area contributed by atoms with Crippen LogP contribution in [0.25, 0.3) is 0 Å². The Morgan fingerprint density at radius 2 is 1.86 bits per heavy atom. The molecule has 0 saturated carbocycles. The highest BCUT2D eigenvalue weighted by atomic mass is 35.5. The molecule has 0 aliphatic heterocycles. The van der Waals surface area contributed by atoms with Crippen LogP contribution in [-0.4, -0.2) is 39.7 Å². The maximum Gasteiger partial charge on any atom is 0.337 e. The molecule has 0 bridgehead atoms. The quantitative estimate of drug-likeness (QED) is 0.633. The minimum Gasteiger partial charge on any atom is -0.465 e. The molecule has 2 rings (SSSR count). The van der Waals surface area contributed by atoms with Crippen molar-refractivity contribution < 1.29 is 22.7 Å². The molecule has 2 aromatic carbocycles. The zero-order chi connectivity index (χ0) is 21.8. The predicted molar refractivity (Wildman–Crippen MR) is 114 cm³/mol. The van der Waals surface area contributed by atoms with Gasteiger partial charge >= 0.3 is 5.97 Å². The van der Waals surface area contributed by atoms with E-state index in [1.807, 2.05) is 0 Å². The molecule has 1 N–H and O–H groups in total. The topological polar surface area (TPSA) is 92.8 Å². The summed E-state index contributed by atoms with van der Waals surface area (Å²) in [6.07, 6.45) is 1.19. The molecule has 0 saturated heterocycles. The standard InChI is InChI=1S/C19H20Cl2N2O5S/c1-4-17(23(29(3,26)27)14-7-5-6-13(20)11-14)18(24)22-16-10-12(19(25)28-2)8-9-15(16)21/h5-11,17H,4H2,1-3H3,(H,22,24)/t17-/m0/s1. The predicted octanol–water partition coefficient (Wildman–Crippen LogP) is 3.96. The van der Waals surface area contributed by atoms with Gasteiger partial charge in [0.05, 0.1) is 35.3 Å². The number of anilines is 2. The Bertz CT molecular complexity index is 1030. The lowest BCUT2D eigenvalue weighted by molar-refractivity contribution is -0.117. The van der Waals surface area contributed by atoms with Gasteiger partial charge in [-0.2, -0.15) is 0 Å². The second kappa shape index (κ2) is 9.47. The molecule has 0 radical (unpaired) electrons. The molecule has 0 spiro atoms. The number of halogens is 2. The van der Waals surface area contributed by atoms with E-state index in [1.54, 1.807) is 25.1 Å². The first-order chi connectivity index (χ1) is 13.6. The van der Waals surface area contributed by atoms with Crippen LogP contribution in [0, 0.1) is 0 Å². The average molecular weight is 459 g/mol. The Morgan fingerprint density at radius 3 is 2.41 bits per heavy atom. The number of carbonyl (C=O) groups is 2. The number of sulfonamides is 1. The fourth-order valence-electron chi connectivity index (χ4n) is 2.76. The zero-order valence-corrected chi connectivity index (χ0v) is 18.3. The highest BCUT2D eigenvalue weighted by molar-refractivity contribution is 7.92. The van der Waals surface area contributed by atoms with E-state index in [2.05, 4.69) is 10.1 Å². The minimum absolute atomic E-state index is 0.164. The molecule has 29 heavy (non-hydrogen) atoms. The Labute approximate surface area is 179 Å². The molecular weight excluding hydrogens is 439 g/mol. The van der Waals surface area contributed by atoms with Gasteiger partial charge in [0.15, 0.2) is 0 Å². The van der Waals surface area contributed by atoms with Gasteiger partial charge in [-0.25, -0.2) is 13.2 Å². The maximum atomic E-state index is 13.0. The van der Waals surface area contributed by atoms with Crippen LogP contribution in [0.5, 0.6) is 0 Å². The van der Waals surface area contributed by atoms with Crippen LogP contribution in [0.1, 0.15) is 23.7 Å². The largest absolute Gasteiger partial charge is 0.465 e. The molecule has 1 amide bonds. The van der Waals surface area contributed by atoms with Gasteiger partial charge in [0.2, 0.25) is 15.9 Å². The number of ether oxygens (including phenoxy) is 1. The molecule has 0 fully saturated rings. The first-order valence-corrected chi connectivity index (χ1v) is 11.1. The third-order valence-electron chi connectivity index (χ3n) is 4.04. The van der Waals surface area contributed by atoms with Gasteiger partial charge in [0, 0.05) is 5.02 Å². The van der Waals surface area contributed by atoms with Crippen molar-refractivity contribution in [2.75, 3.05) is 23.0 Å². The summed E-state index contributed by atoms with van der Waals surface area (Å²) < 4.78 is 30.6. The van der Waals surface area contributed by atoms with E-state index < -0.39 is 27.9 Å². The summed E-state index contributed by atoms with van der Waals surface area (Å²) in [4.78, 5) is 24.7. The van der Waals surface area contributed by atoms with E-state index >= 15 is 0 Å². The van der Waals surface area contributed by atoms with E-state index in [1.165, 1.54) is 31.4 Å². The van der Waals surface area contributed by atoms with Crippen molar-refractivity contribution in [1.29, 1.82) is 0 Å². The Kier molecular flexibility index (Phi) is 7.51. The number of hydrogen-bond acceptors (Lipinski definition) is 5. The fraction of sp³-hybridized carbons (Fsp3) is 0.263. The number of carbonyl (C=O) groups excluding carboxylic acids is 2. The molecule has 10 heteroatoms. The lowest BCUT2D eigenvalue weighted by Gasteiger charge is -2.30. The van der Waals surface area contributed by atoms with Crippen LogP contribution in [0.4, 0.5) is 11.4 Å². The number of rotatable bonds is 7. The smallest absolute Gasteiger partial charge is 0.337 e. The molecule has 0 aromatic heterocycles. The highest BCUT2D eigenvalue weighted by Gasteiger charge is 2.32. The van der Waals surface area contributed by atoms with Crippen LogP contribution in [-0.2, 0) is 19.6 Å². The number of benzene rings is 2. The summed E-state index contributed by atoms with van der Waals surface area (Å²) in [7, 11) is -2.58. The summed E-state index contributed by atoms with van der Waals surface area (Å²) in [5.41, 5.74) is 0.615. The van der Waals surface area contributed by atoms with Gasteiger partial charge in [0.25, 0.3) is 0 Å². The van der Waals surface area contributed by atoms with Crippen molar-refractivity contribution in [2.24, 2.45) is 0 Å². The second-order valence-electron chi connectivity index (χ2n) is 6.14. The number of nitrogens with one attached hydrogen (secondary N) is 1. The molecule has 0 aliphatic carbocycles. The normalized spacial score (nSPS) is 12.2. The number of amides is 1. The third-order valence-corrected chi connectivity index (χ3v) is 5.78. The van der Waals surface area contributed by atoms with Gasteiger partial charge < -0.3 is 10.1 Å². The highest BCUT2D eigenvalue weighted by Crippen LogP contribution is 2.28. The lowest BCUT2D eigenvalue weighted by atomic mass is 10.1. The molecule has 7 nitrogen and oxygen atoms in total. The van der Waals surface area contributed by atoms with E-state index in [0.29, 0.717) is 5.02 Å². The van der Waals surface area contributed by atoms with Crippen LogP contribution < -0.4 is 9.62 Å². The monoisotopic (exact) mass is 458 g/mol. The van der Waals surface area contributed by atoms with E-state index in [-0.39, 0.29) is 28.4 Å². The first-order valence-electron chi connectivity index (χ1n) is 8.52. The average Bonchev–Trinajstić information content (AvgIpc) is 2.65. The van der Waals surface area contributed by atoms with Crippen LogP contribution in [0.3, 0.4) is 0 Å². The van der Waals surface area contributed by atoms with Crippen molar-refractivity contribution in [3.05, 3.63) is 58.1 Å². The van der Waals surface area contributed by atoms with Crippen molar-refractivity contribution in [3.8, 4) is 0 Å². The lowest BCUT2D eigenvalue weighted by Crippen LogP contribution is -2.47.